The van der Waals surface area contributed by atoms with Gasteiger partial charge in [0.05, 0.1) is 0 Å². The average molecular weight is 263 g/mol. The molecular formula is C16H25NO2. The summed E-state index contributed by atoms with van der Waals surface area (Å²) in [5.74, 6) is 0.418. The van der Waals surface area contributed by atoms with Crippen LogP contribution in [-0.4, -0.2) is 23.4 Å². The lowest BCUT2D eigenvalue weighted by atomic mass is 9.83. The van der Waals surface area contributed by atoms with Gasteiger partial charge in [0.25, 0.3) is 0 Å². The molecule has 1 aromatic rings. The normalized spacial score (nSPS) is 18.6. The number of benzene rings is 1. The molecular weight excluding hydrogens is 238 g/mol. The summed E-state index contributed by atoms with van der Waals surface area (Å²) >= 11 is 0. The number of phenols is 1. The quantitative estimate of drug-likeness (QED) is 0.739. The van der Waals surface area contributed by atoms with E-state index in [1.165, 1.54) is 5.56 Å². The van der Waals surface area contributed by atoms with E-state index in [4.69, 9.17) is 0 Å². The van der Waals surface area contributed by atoms with Crippen molar-refractivity contribution in [3.8, 4) is 5.75 Å². The molecule has 0 radical (unpaired) electrons. The highest BCUT2D eigenvalue weighted by atomic mass is 16.3. The van der Waals surface area contributed by atoms with E-state index in [0.29, 0.717) is 11.8 Å². The van der Waals surface area contributed by atoms with Gasteiger partial charge in [0.1, 0.15) is 5.75 Å². The zero-order chi connectivity index (χ0) is 13.9. The van der Waals surface area contributed by atoms with Gasteiger partial charge in [0.15, 0.2) is 0 Å². The van der Waals surface area contributed by atoms with Crippen molar-refractivity contribution in [2.75, 3.05) is 13.2 Å². The van der Waals surface area contributed by atoms with Gasteiger partial charge in [-0.15, -0.1) is 0 Å². The first-order chi connectivity index (χ1) is 9.15. The smallest absolute Gasteiger partial charge is 0.119 e. The van der Waals surface area contributed by atoms with Crippen molar-refractivity contribution in [3.63, 3.8) is 0 Å². The van der Waals surface area contributed by atoms with E-state index < -0.39 is 0 Å². The van der Waals surface area contributed by atoms with Crippen LogP contribution >= 0.6 is 0 Å². The highest BCUT2D eigenvalue weighted by molar-refractivity contribution is 5.44. The van der Waals surface area contributed by atoms with Crippen molar-refractivity contribution in [2.24, 2.45) is 5.41 Å². The maximum Gasteiger partial charge on any atom is 0.119 e. The first-order valence-electron chi connectivity index (χ1n) is 7.30. The Morgan fingerprint density at radius 1 is 1.32 bits per heavy atom. The van der Waals surface area contributed by atoms with E-state index in [2.05, 4.69) is 25.2 Å². The molecule has 3 N–H and O–H groups in total. The Kier molecular flexibility index (Phi) is 4.48. The van der Waals surface area contributed by atoms with Crippen molar-refractivity contribution in [1.29, 1.82) is 0 Å². The topological polar surface area (TPSA) is 52.5 Å². The predicted molar refractivity (Wildman–Crippen MR) is 77.3 cm³/mol. The number of aliphatic hydroxyl groups excluding tert-OH is 1. The Labute approximate surface area is 115 Å². The summed E-state index contributed by atoms with van der Waals surface area (Å²) in [5, 5.41) is 23.0. The third-order valence-corrected chi connectivity index (χ3v) is 4.80. The van der Waals surface area contributed by atoms with E-state index in [0.717, 1.165) is 37.8 Å². The number of fused-ring (bicyclic) bond motifs is 1. The molecule has 0 heterocycles. The van der Waals surface area contributed by atoms with Gasteiger partial charge < -0.3 is 15.5 Å². The van der Waals surface area contributed by atoms with Gasteiger partial charge in [0, 0.05) is 24.6 Å². The minimum atomic E-state index is -0.0143. The first kappa shape index (κ1) is 14.4. The number of aromatic hydroxyl groups is 1. The molecule has 0 amide bonds. The van der Waals surface area contributed by atoms with Gasteiger partial charge in [-0.1, -0.05) is 26.0 Å². The van der Waals surface area contributed by atoms with Crippen molar-refractivity contribution >= 4 is 0 Å². The predicted octanol–water partition coefficient (Wildman–Crippen LogP) is 2.77. The van der Waals surface area contributed by atoms with Crippen LogP contribution in [-0.2, 0) is 6.42 Å². The standard InChI is InChI=1S/C16H25NO2/c1-3-16(4-2,11-18)10-17-14-9-8-13-12(14)6-5-7-15(13)19/h5-7,14,17-19H,3-4,8-11H2,1-2H3. The van der Waals surface area contributed by atoms with E-state index in [-0.39, 0.29) is 12.0 Å². The number of hydrogen-bond acceptors (Lipinski definition) is 3. The average Bonchev–Trinajstić information content (AvgIpc) is 2.86. The second-order valence-corrected chi connectivity index (χ2v) is 5.68. The van der Waals surface area contributed by atoms with Crippen LogP contribution in [0.4, 0.5) is 0 Å². The van der Waals surface area contributed by atoms with Crippen LogP contribution in [0.25, 0.3) is 0 Å². The molecule has 1 unspecified atom stereocenters. The summed E-state index contributed by atoms with van der Waals surface area (Å²) in [6, 6.07) is 6.08. The van der Waals surface area contributed by atoms with Gasteiger partial charge in [-0.25, -0.2) is 0 Å². The van der Waals surface area contributed by atoms with Crippen LogP contribution < -0.4 is 5.32 Å². The molecule has 0 bridgehead atoms. The highest BCUT2D eigenvalue weighted by Crippen LogP contribution is 2.37. The molecule has 1 aliphatic rings. The SMILES string of the molecule is CCC(CC)(CO)CNC1CCc2c(O)cccc21. The molecule has 0 spiro atoms. The van der Waals surface area contributed by atoms with Gasteiger partial charge >= 0.3 is 0 Å². The summed E-state index contributed by atoms with van der Waals surface area (Å²) in [4.78, 5) is 0. The van der Waals surface area contributed by atoms with Crippen molar-refractivity contribution in [2.45, 2.75) is 45.6 Å². The molecule has 1 aliphatic carbocycles. The number of rotatable bonds is 6. The third kappa shape index (κ3) is 2.77. The Bertz CT molecular complexity index is 418. The molecule has 3 nitrogen and oxygen atoms in total. The van der Waals surface area contributed by atoms with E-state index in [9.17, 15) is 10.2 Å². The minimum absolute atomic E-state index is 0.0143. The Morgan fingerprint density at radius 2 is 2.05 bits per heavy atom. The summed E-state index contributed by atoms with van der Waals surface area (Å²) in [7, 11) is 0. The fourth-order valence-corrected chi connectivity index (χ4v) is 2.97. The van der Waals surface area contributed by atoms with Crippen LogP contribution in [0.15, 0.2) is 18.2 Å². The number of aliphatic hydroxyl groups is 1. The van der Waals surface area contributed by atoms with Crippen LogP contribution in [0.5, 0.6) is 5.75 Å². The zero-order valence-corrected chi connectivity index (χ0v) is 11.9. The molecule has 2 rings (SSSR count). The van der Waals surface area contributed by atoms with Crippen molar-refractivity contribution < 1.29 is 10.2 Å². The minimum Gasteiger partial charge on any atom is -0.508 e. The molecule has 1 atom stereocenters. The van der Waals surface area contributed by atoms with E-state index in [1.807, 2.05) is 6.07 Å². The maximum atomic E-state index is 9.85. The largest absolute Gasteiger partial charge is 0.508 e. The van der Waals surface area contributed by atoms with Crippen LogP contribution in [0.2, 0.25) is 0 Å². The Morgan fingerprint density at radius 3 is 2.68 bits per heavy atom. The zero-order valence-electron chi connectivity index (χ0n) is 11.9. The highest BCUT2D eigenvalue weighted by Gasteiger charge is 2.29. The van der Waals surface area contributed by atoms with Gasteiger partial charge in [-0.2, -0.15) is 0 Å². The molecule has 0 saturated carbocycles. The van der Waals surface area contributed by atoms with Crippen LogP contribution in [0.1, 0.15) is 50.3 Å². The fraction of sp³-hybridized carbons (Fsp3) is 0.625. The van der Waals surface area contributed by atoms with Gasteiger partial charge in [-0.3, -0.25) is 0 Å². The monoisotopic (exact) mass is 263 g/mol. The molecule has 0 fully saturated rings. The van der Waals surface area contributed by atoms with Gasteiger partial charge in [-0.05, 0) is 42.9 Å². The molecule has 106 valence electrons. The second-order valence-electron chi connectivity index (χ2n) is 5.68. The fourth-order valence-electron chi connectivity index (χ4n) is 2.97. The number of hydrogen-bond donors (Lipinski definition) is 3. The Balaban J connectivity index is 2.05. The van der Waals surface area contributed by atoms with Crippen LogP contribution in [0, 0.1) is 5.41 Å². The lowest BCUT2D eigenvalue weighted by Crippen LogP contribution is -2.37. The lowest BCUT2D eigenvalue weighted by Gasteiger charge is -2.31. The van der Waals surface area contributed by atoms with Crippen LogP contribution in [0.3, 0.4) is 0 Å². The summed E-state index contributed by atoms with van der Waals surface area (Å²) in [6.45, 7) is 5.33. The maximum absolute atomic E-state index is 9.85. The molecule has 0 saturated heterocycles. The molecule has 0 aromatic heterocycles. The molecule has 1 aromatic carbocycles. The summed E-state index contributed by atoms with van der Waals surface area (Å²) < 4.78 is 0. The number of phenolic OH excluding ortho intramolecular Hbond substituents is 1. The molecule has 3 heteroatoms. The lowest BCUT2D eigenvalue weighted by molar-refractivity contribution is 0.109. The third-order valence-electron chi connectivity index (χ3n) is 4.80. The van der Waals surface area contributed by atoms with Crippen molar-refractivity contribution in [3.05, 3.63) is 29.3 Å². The number of nitrogens with one attached hydrogen (secondary N) is 1. The van der Waals surface area contributed by atoms with Crippen molar-refractivity contribution in [1.82, 2.24) is 5.32 Å². The van der Waals surface area contributed by atoms with Gasteiger partial charge in [0.2, 0.25) is 0 Å². The second kappa shape index (κ2) is 5.93. The first-order valence-corrected chi connectivity index (χ1v) is 7.30. The summed E-state index contributed by atoms with van der Waals surface area (Å²) in [5.41, 5.74) is 2.29. The van der Waals surface area contributed by atoms with E-state index in [1.54, 1.807) is 6.07 Å². The summed E-state index contributed by atoms with van der Waals surface area (Å²) in [6.07, 6.45) is 3.92. The molecule has 0 aliphatic heterocycles. The Hall–Kier alpha value is -1.06. The molecule has 19 heavy (non-hydrogen) atoms. The van der Waals surface area contributed by atoms with E-state index >= 15 is 0 Å².